The van der Waals surface area contributed by atoms with Crippen molar-refractivity contribution in [3.63, 3.8) is 0 Å². The average Bonchev–Trinajstić information content (AvgIpc) is 2.65. The summed E-state index contributed by atoms with van der Waals surface area (Å²) in [5.74, 6) is -1.21. The molecule has 0 heterocycles. The molecule has 8 heteroatoms. The molecule has 154 valence electrons. The van der Waals surface area contributed by atoms with E-state index in [0.29, 0.717) is 17.1 Å². The Morgan fingerprint density at radius 2 is 1.52 bits per heavy atom. The van der Waals surface area contributed by atoms with Crippen LogP contribution in [0.4, 0.5) is 16.2 Å². The first-order chi connectivity index (χ1) is 13.7. The number of benzene rings is 2. The number of para-hydroxylation sites is 1. The van der Waals surface area contributed by atoms with Gasteiger partial charge < -0.3 is 19.5 Å². The van der Waals surface area contributed by atoms with Crippen LogP contribution in [0.5, 0.6) is 5.75 Å². The summed E-state index contributed by atoms with van der Waals surface area (Å²) in [4.78, 5) is 36.5. The van der Waals surface area contributed by atoms with Crippen LogP contribution in [0.2, 0.25) is 0 Å². The number of nitrogens with one attached hydrogen (secondary N) is 2. The fraction of sp³-hybridized carbons (Fsp3) is 0.286. The molecule has 0 aliphatic rings. The van der Waals surface area contributed by atoms with E-state index < -0.39 is 29.7 Å². The molecule has 8 nitrogen and oxygen atoms in total. The highest BCUT2D eigenvalue weighted by Gasteiger charge is 2.30. The average molecular weight is 400 g/mol. The van der Waals surface area contributed by atoms with E-state index in [9.17, 15) is 14.4 Å². The van der Waals surface area contributed by atoms with Crippen LogP contribution in [0.1, 0.15) is 20.8 Å². The highest BCUT2D eigenvalue weighted by Crippen LogP contribution is 2.18. The monoisotopic (exact) mass is 400 g/mol. The van der Waals surface area contributed by atoms with Crippen molar-refractivity contribution in [3.05, 3.63) is 54.6 Å². The van der Waals surface area contributed by atoms with Gasteiger partial charge in [-0.25, -0.2) is 9.59 Å². The normalized spacial score (nSPS) is 11.7. The fourth-order valence-electron chi connectivity index (χ4n) is 2.25. The van der Waals surface area contributed by atoms with Crippen molar-refractivity contribution in [2.75, 3.05) is 17.7 Å². The Hall–Kier alpha value is -3.55. The zero-order valence-corrected chi connectivity index (χ0v) is 16.7. The Morgan fingerprint density at radius 1 is 0.897 bits per heavy atom. The number of carbonyl (C=O) groups is 3. The predicted molar refractivity (Wildman–Crippen MR) is 108 cm³/mol. The van der Waals surface area contributed by atoms with E-state index in [-0.39, 0.29) is 0 Å². The number of ether oxygens (including phenoxy) is 3. The van der Waals surface area contributed by atoms with Gasteiger partial charge in [-0.05, 0) is 51.1 Å². The molecule has 0 spiro atoms. The first-order valence-corrected chi connectivity index (χ1v) is 8.88. The molecule has 0 saturated carbocycles. The molecule has 2 amide bonds. The van der Waals surface area contributed by atoms with E-state index in [1.807, 2.05) is 0 Å². The number of carbonyl (C=O) groups excluding carboxylic acids is 3. The van der Waals surface area contributed by atoms with E-state index in [0.717, 1.165) is 0 Å². The number of methoxy groups -OCH3 is 1. The number of anilines is 2. The standard InChI is InChI=1S/C21H24N2O6/c1-21(2,3)29-20(26)23-15-10-8-9-14(13-15)22-18(24)17(19(25)27-4)28-16-11-6-5-7-12-16/h5-13,17H,1-4H3,(H,22,24)(H,23,26). The van der Waals surface area contributed by atoms with Gasteiger partial charge in [0.1, 0.15) is 11.4 Å². The third kappa shape index (κ3) is 7.17. The molecule has 0 radical (unpaired) electrons. The van der Waals surface area contributed by atoms with Crippen LogP contribution in [0, 0.1) is 0 Å². The van der Waals surface area contributed by atoms with E-state index in [2.05, 4.69) is 15.4 Å². The molecular formula is C21H24N2O6. The summed E-state index contributed by atoms with van der Waals surface area (Å²) in [6, 6.07) is 14.9. The van der Waals surface area contributed by atoms with Gasteiger partial charge in [0.15, 0.2) is 0 Å². The van der Waals surface area contributed by atoms with Gasteiger partial charge in [0.2, 0.25) is 0 Å². The number of esters is 1. The molecule has 29 heavy (non-hydrogen) atoms. The second-order valence-electron chi connectivity index (χ2n) is 7.03. The van der Waals surface area contributed by atoms with E-state index in [1.165, 1.54) is 13.2 Å². The number of hydrogen-bond donors (Lipinski definition) is 2. The van der Waals surface area contributed by atoms with E-state index in [1.54, 1.807) is 69.3 Å². The minimum atomic E-state index is -1.50. The quantitative estimate of drug-likeness (QED) is 0.567. The molecule has 0 fully saturated rings. The third-order valence-corrected chi connectivity index (χ3v) is 3.43. The van der Waals surface area contributed by atoms with Gasteiger partial charge >= 0.3 is 12.1 Å². The van der Waals surface area contributed by atoms with Gasteiger partial charge in [-0.1, -0.05) is 24.3 Å². The van der Waals surface area contributed by atoms with Crippen LogP contribution in [-0.2, 0) is 19.1 Å². The van der Waals surface area contributed by atoms with Crippen molar-refractivity contribution in [3.8, 4) is 5.75 Å². The lowest BCUT2D eigenvalue weighted by atomic mass is 10.2. The minimum Gasteiger partial charge on any atom is -0.469 e. The lowest BCUT2D eigenvalue weighted by Gasteiger charge is -2.20. The molecule has 1 atom stereocenters. The molecule has 0 saturated heterocycles. The maximum absolute atomic E-state index is 12.6. The van der Waals surface area contributed by atoms with Crippen LogP contribution in [0.15, 0.2) is 54.6 Å². The zero-order valence-electron chi connectivity index (χ0n) is 16.7. The first kappa shape index (κ1) is 21.7. The van der Waals surface area contributed by atoms with Gasteiger partial charge in [-0.3, -0.25) is 10.1 Å². The summed E-state index contributed by atoms with van der Waals surface area (Å²) in [5.41, 5.74) is 0.128. The molecule has 0 aromatic heterocycles. The van der Waals surface area contributed by atoms with Gasteiger partial charge in [-0.15, -0.1) is 0 Å². The zero-order chi connectivity index (χ0) is 21.4. The van der Waals surface area contributed by atoms with E-state index >= 15 is 0 Å². The number of amides is 2. The van der Waals surface area contributed by atoms with Gasteiger partial charge in [-0.2, -0.15) is 0 Å². The molecule has 2 aromatic rings. The molecule has 0 aliphatic carbocycles. The third-order valence-electron chi connectivity index (χ3n) is 3.43. The summed E-state index contributed by atoms with van der Waals surface area (Å²) in [5, 5.41) is 5.16. The van der Waals surface area contributed by atoms with Gasteiger partial charge in [0, 0.05) is 11.4 Å². The predicted octanol–water partition coefficient (Wildman–Crippen LogP) is 3.59. The smallest absolute Gasteiger partial charge is 0.412 e. The van der Waals surface area contributed by atoms with Crippen LogP contribution in [0.25, 0.3) is 0 Å². The van der Waals surface area contributed by atoms with Crippen molar-refractivity contribution < 1.29 is 28.6 Å². The number of rotatable bonds is 6. The Kier molecular flexibility index (Phi) is 7.19. The molecule has 1 unspecified atom stereocenters. The second kappa shape index (κ2) is 9.59. The summed E-state index contributed by atoms with van der Waals surface area (Å²) < 4.78 is 15.3. The fourth-order valence-corrected chi connectivity index (χ4v) is 2.25. The van der Waals surface area contributed by atoms with Gasteiger partial charge in [0.25, 0.3) is 12.0 Å². The van der Waals surface area contributed by atoms with Crippen molar-refractivity contribution in [1.29, 1.82) is 0 Å². The summed E-state index contributed by atoms with van der Waals surface area (Å²) in [7, 11) is 1.17. The van der Waals surface area contributed by atoms with Crippen molar-refractivity contribution in [1.82, 2.24) is 0 Å². The maximum Gasteiger partial charge on any atom is 0.412 e. The highest BCUT2D eigenvalue weighted by molar-refractivity contribution is 6.07. The lowest BCUT2D eigenvalue weighted by molar-refractivity contribution is -0.152. The van der Waals surface area contributed by atoms with Crippen molar-refractivity contribution >= 4 is 29.3 Å². The second-order valence-corrected chi connectivity index (χ2v) is 7.03. The Labute approximate surface area is 169 Å². The van der Waals surface area contributed by atoms with Gasteiger partial charge in [0.05, 0.1) is 7.11 Å². The van der Waals surface area contributed by atoms with Crippen molar-refractivity contribution in [2.45, 2.75) is 32.5 Å². The molecular weight excluding hydrogens is 376 g/mol. The van der Waals surface area contributed by atoms with Crippen LogP contribution < -0.4 is 15.4 Å². The van der Waals surface area contributed by atoms with Crippen LogP contribution in [0.3, 0.4) is 0 Å². The lowest BCUT2D eigenvalue weighted by Crippen LogP contribution is -2.40. The minimum absolute atomic E-state index is 0.346. The molecule has 2 rings (SSSR count). The summed E-state index contributed by atoms with van der Waals surface area (Å²) >= 11 is 0. The topological polar surface area (TPSA) is 103 Å². The largest absolute Gasteiger partial charge is 0.469 e. The number of hydrogen-bond acceptors (Lipinski definition) is 6. The summed E-state index contributed by atoms with van der Waals surface area (Å²) in [6.45, 7) is 5.26. The molecule has 2 N–H and O–H groups in total. The molecule has 0 bridgehead atoms. The van der Waals surface area contributed by atoms with Crippen molar-refractivity contribution in [2.24, 2.45) is 0 Å². The Bertz CT molecular complexity index is 861. The summed E-state index contributed by atoms with van der Waals surface area (Å²) in [6.07, 6.45) is -2.12. The Morgan fingerprint density at radius 3 is 2.10 bits per heavy atom. The first-order valence-electron chi connectivity index (χ1n) is 8.88. The maximum atomic E-state index is 12.6. The Balaban J connectivity index is 2.09. The SMILES string of the molecule is COC(=O)C(Oc1ccccc1)C(=O)Nc1cccc(NC(=O)OC(C)(C)C)c1. The molecule has 0 aliphatic heterocycles. The molecule has 2 aromatic carbocycles. The van der Waals surface area contributed by atoms with Crippen LogP contribution in [-0.4, -0.2) is 36.8 Å². The van der Waals surface area contributed by atoms with Crippen LogP contribution >= 0.6 is 0 Å². The van der Waals surface area contributed by atoms with E-state index in [4.69, 9.17) is 9.47 Å². The highest BCUT2D eigenvalue weighted by atomic mass is 16.6.